The average Bonchev–Trinajstić information content (AvgIpc) is 3.38. The Kier molecular flexibility index (Phi) is 5.71. The maximum atomic E-state index is 13.0. The third-order valence-electron chi connectivity index (χ3n) is 6.79. The molecule has 1 N–H and O–H groups in total. The summed E-state index contributed by atoms with van der Waals surface area (Å²) in [6, 6.07) is 22.3. The molecule has 1 saturated heterocycles. The van der Waals surface area contributed by atoms with Gasteiger partial charge < -0.3 is 14.7 Å². The number of hydrogen-bond acceptors (Lipinski definition) is 3. The van der Waals surface area contributed by atoms with E-state index >= 15 is 0 Å². The second kappa shape index (κ2) is 8.67. The van der Waals surface area contributed by atoms with Gasteiger partial charge in [0.05, 0.1) is 5.92 Å². The van der Waals surface area contributed by atoms with E-state index in [1.807, 2.05) is 49.4 Å². The number of likely N-dealkylation sites (tertiary alicyclic amines) is 1. The zero-order valence-electron chi connectivity index (χ0n) is 18.2. The lowest BCUT2D eigenvalue weighted by Crippen LogP contribution is -2.31. The van der Waals surface area contributed by atoms with Crippen molar-refractivity contribution in [2.24, 2.45) is 5.92 Å². The largest absolute Gasteiger partial charge is 0.481 e. The molecule has 168 valence electrons. The van der Waals surface area contributed by atoms with E-state index in [-0.39, 0.29) is 25.0 Å². The Bertz CT molecular complexity index is 1190. The van der Waals surface area contributed by atoms with Crippen LogP contribution in [0, 0.1) is 12.8 Å². The molecule has 2 unspecified atom stereocenters. The second-order valence-corrected chi connectivity index (χ2v) is 9.64. The highest BCUT2D eigenvalue weighted by Gasteiger charge is 2.42. The third kappa shape index (κ3) is 3.93. The molecule has 1 amide bonds. The van der Waals surface area contributed by atoms with Crippen LogP contribution in [-0.4, -0.2) is 41.8 Å². The van der Waals surface area contributed by atoms with Gasteiger partial charge in [-0.2, -0.15) is 0 Å². The lowest BCUT2D eigenvalue weighted by molar-refractivity contribution is -0.141. The fourth-order valence-electron chi connectivity index (χ4n) is 5.14. The third-order valence-corrected chi connectivity index (χ3v) is 7.47. The van der Waals surface area contributed by atoms with Crippen molar-refractivity contribution >= 4 is 28.0 Å². The van der Waals surface area contributed by atoms with Crippen LogP contribution in [0.4, 0.5) is 4.79 Å². The van der Waals surface area contributed by atoms with Crippen molar-refractivity contribution in [3.05, 3.63) is 93.5 Å². The van der Waals surface area contributed by atoms with Crippen molar-refractivity contribution in [1.82, 2.24) is 4.90 Å². The molecular formula is C27H24BrNO4. The van der Waals surface area contributed by atoms with Gasteiger partial charge in [-0.3, -0.25) is 4.79 Å². The summed E-state index contributed by atoms with van der Waals surface area (Å²) in [6.45, 7) is 2.66. The lowest BCUT2D eigenvalue weighted by atomic mass is 9.88. The average molecular weight is 506 g/mol. The first-order valence-corrected chi connectivity index (χ1v) is 11.8. The quantitative estimate of drug-likeness (QED) is 0.485. The number of halogens is 1. The van der Waals surface area contributed by atoms with E-state index in [4.69, 9.17) is 4.74 Å². The lowest BCUT2D eigenvalue weighted by Gasteiger charge is -2.19. The monoisotopic (exact) mass is 505 g/mol. The SMILES string of the molecule is Cc1ccc(C2CN(C(=O)OCC3c4ccccc4-c4ccccc43)CC2C(=O)O)c(Br)c1. The smallest absolute Gasteiger partial charge is 0.409 e. The summed E-state index contributed by atoms with van der Waals surface area (Å²) >= 11 is 3.57. The molecule has 0 spiro atoms. The zero-order chi connectivity index (χ0) is 23.1. The minimum Gasteiger partial charge on any atom is -0.481 e. The molecule has 0 saturated carbocycles. The summed E-state index contributed by atoms with van der Waals surface area (Å²) in [7, 11) is 0. The van der Waals surface area contributed by atoms with Gasteiger partial charge in [-0.05, 0) is 46.4 Å². The van der Waals surface area contributed by atoms with Crippen LogP contribution in [-0.2, 0) is 9.53 Å². The number of rotatable bonds is 4. The molecule has 3 aromatic carbocycles. The van der Waals surface area contributed by atoms with E-state index < -0.39 is 18.0 Å². The number of hydrogen-bond donors (Lipinski definition) is 1. The maximum Gasteiger partial charge on any atom is 0.409 e. The molecule has 5 nitrogen and oxygen atoms in total. The summed E-state index contributed by atoms with van der Waals surface area (Å²) in [5, 5.41) is 9.82. The Morgan fingerprint density at radius 1 is 0.970 bits per heavy atom. The van der Waals surface area contributed by atoms with Gasteiger partial charge in [0, 0.05) is 29.4 Å². The fraction of sp³-hybridized carbons (Fsp3) is 0.259. The first-order chi connectivity index (χ1) is 15.9. The number of ether oxygens (including phenoxy) is 1. The number of aliphatic carboxylic acids is 1. The molecule has 2 aliphatic rings. The van der Waals surface area contributed by atoms with Crippen LogP contribution in [0.1, 0.15) is 34.1 Å². The number of carbonyl (C=O) groups excluding carboxylic acids is 1. The number of carboxylic acid groups (broad SMARTS) is 1. The minimum atomic E-state index is -0.901. The van der Waals surface area contributed by atoms with Gasteiger partial charge in [-0.15, -0.1) is 0 Å². The van der Waals surface area contributed by atoms with Crippen molar-refractivity contribution in [3.63, 3.8) is 0 Å². The molecule has 2 atom stereocenters. The van der Waals surface area contributed by atoms with Crippen LogP contribution >= 0.6 is 15.9 Å². The standard InChI is InChI=1S/C27H24BrNO4/c1-16-10-11-21(25(28)12-16)22-13-29(14-23(22)26(30)31)27(32)33-15-24-19-8-4-2-6-17(19)18-7-3-5-9-20(18)24/h2-12,22-24H,13-15H2,1H3,(H,30,31). The first-order valence-electron chi connectivity index (χ1n) is 11.0. The van der Waals surface area contributed by atoms with Gasteiger partial charge in [-0.25, -0.2) is 4.79 Å². The number of amides is 1. The van der Waals surface area contributed by atoms with Crippen molar-refractivity contribution in [2.75, 3.05) is 19.7 Å². The molecule has 0 bridgehead atoms. The minimum absolute atomic E-state index is 0.0266. The predicted molar refractivity (Wildman–Crippen MR) is 129 cm³/mol. The molecule has 5 rings (SSSR count). The maximum absolute atomic E-state index is 13.0. The number of nitrogens with zero attached hydrogens (tertiary/aromatic N) is 1. The Hall–Kier alpha value is -3.12. The van der Waals surface area contributed by atoms with Gasteiger partial charge in [-0.1, -0.05) is 76.6 Å². The van der Waals surface area contributed by atoms with Gasteiger partial charge in [0.1, 0.15) is 6.61 Å². The highest BCUT2D eigenvalue weighted by molar-refractivity contribution is 9.10. The van der Waals surface area contributed by atoms with E-state index in [1.165, 1.54) is 16.0 Å². The molecule has 1 fully saturated rings. The molecule has 1 aliphatic heterocycles. The van der Waals surface area contributed by atoms with Crippen molar-refractivity contribution in [2.45, 2.75) is 18.8 Å². The van der Waals surface area contributed by atoms with E-state index in [1.54, 1.807) is 0 Å². The van der Waals surface area contributed by atoms with Crippen molar-refractivity contribution in [3.8, 4) is 11.1 Å². The molecule has 1 aliphatic carbocycles. The predicted octanol–water partition coefficient (Wildman–Crippen LogP) is 5.81. The second-order valence-electron chi connectivity index (χ2n) is 8.79. The molecule has 3 aromatic rings. The van der Waals surface area contributed by atoms with Gasteiger partial charge >= 0.3 is 12.1 Å². The normalized spacial score (nSPS) is 19.3. The van der Waals surface area contributed by atoms with Crippen LogP contribution in [0.3, 0.4) is 0 Å². The number of carboxylic acids is 1. The van der Waals surface area contributed by atoms with Gasteiger partial charge in [0.2, 0.25) is 0 Å². The van der Waals surface area contributed by atoms with E-state index in [0.717, 1.165) is 26.7 Å². The zero-order valence-corrected chi connectivity index (χ0v) is 19.8. The Labute approximate surface area is 201 Å². The Morgan fingerprint density at radius 2 is 1.61 bits per heavy atom. The van der Waals surface area contributed by atoms with Crippen molar-refractivity contribution in [1.29, 1.82) is 0 Å². The fourth-order valence-corrected chi connectivity index (χ4v) is 5.92. The highest BCUT2D eigenvalue weighted by Crippen LogP contribution is 2.44. The van der Waals surface area contributed by atoms with E-state index in [2.05, 4.69) is 40.2 Å². The molecule has 6 heteroatoms. The number of carbonyl (C=O) groups is 2. The number of aryl methyl sites for hydroxylation is 1. The van der Waals surface area contributed by atoms with E-state index in [0.29, 0.717) is 6.54 Å². The molecule has 33 heavy (non-hydrogen) atoms. The summed E-state index contributed by atoms with van der Waals surface area (Å²) in [5.74, 6) is -1.90. The molecule has 1 heterocycles. The van der Waals surface area contributed by atoms with Crippen LogP contribution in [0.25, 0.3) is 11.1 Å². The van der Waals surface area contributed by atoms with Crippen LogP contribution in [0.5, 0.6) is 0 Å². The van der Waals surface area contributed by atoms with Gasteiger partial charge in [0.15, 0.2) is 0 Å². The topological polar surface area (TPSA) is 66.8 Å². The molecular weight excluding hydrogens is 482 g/mol. The van der Waals surface area contributed by atoms with Crippen LogP contribution in [0.2, 0.25) is 0 Å². The van der Waals surface area contributed by atoms with E-state index in [9.17, 15) is 14.7 Å². The number of fused-ring (bicyclic) bond motifs is 3. The van der Waals surface area contributed by atoms with Crippen molar-refractivity contribution < 1.29 is 19.4 Å². The summed E-state index contributed by atoms with van der Waals surface area (Å²) in [6.07, 6.45) is -0.464. The van der Waals surface area contributed by atoms with Crippen LogP contribution < -0.4 is 0 Å². The van der Waals surface area contributed by atoms with Gasteiger partial charge in [0.25, 0.3) is 0 Å². The summed E-state index contributed by atoms with van der Waals surface area (Å²) in [4.78, 5) is 26.5. The van der Waals surface area contributed by atoms with Crippen LogP contribution in [0.15, 0.2) is 71.2 Å². The highest BCUT2D eigenvalue weighted by atomic mass is 79.9. The Morgan fingerprint density at radius 3 is 2.21 bits per heavy atom. The summed E-state index contributed by atoms with van der Waals surface area (Å²) < 4.78 is 6.64. The molecule has 0 aromatic heterocycles. The first kappa shape index (κ1) is 21.7. The number of benzene rings is 3. The molecule has 0 radical (unpaired) electrons. The Balaban J connectivity index is 1.33. The summed E-state index contributed by atoms with van der Waals surface area (Å²) in [5.41, 5.74) is 6.64.